The average molecular weight is 241 g/mol. The molecule has 2 fully saturated rings. The van der Waals surface area contributed by atoms with Crippen LogP contribution in [0.5, 0.6) is 0 Å². The molecule has 17 heavy (non-hydrogen) atoms. The number of ether oxygens (including phenoxy) is 1. The Balaban J connectivity index is 1.55. The molecule has 1 heterocycles. The molecule has 3 heteroatoms. The summed E-state index contributed by atoms with van der Waals surface area (Å²) in [5.41, 5.74) is 0.697. The van der Waals surface area contributed by atoms with E-state index in [1.165, 1.54) is 58.2 Å². The second kappa shape index (κ2) is 6.72. The molecular formula is C14H27NO2. The lowest BCUT2D eigenvalue weighted by molar-refractivity contribution is -0.0179. The number of nitrogens with zero attached hydrogens (tertiary/aromatic N) is 1. The Morgan fingerprint density at radius 2 is 1.71 bits per heavy atom. The van der Waals surface area contributed by atoms with Gasteiger partial charge in [0.05, 0.1) is 13.2 Å². The highest BCUT2D eigenvalue weighted by atomic mass is 16.5. The van der Waals surface area contributed by atoms with Crippen LogP contribution in [0.25, 0.3) is 0 Å². The molecule has 3 nitrogen and oxygen atoms in total. The van der Waals surface area contributed by atoms with Gasteiger partial charge in [-0.25, -0.2) is 0 Å². The standard InChI is InChI=1S/C14H27NO2/c16-9-11-17-10-5-8-15-12-14(13-15)6-3-1-2-4-7-14/h16H,1-13H2. The lowest BCUT2D eigenvalue weighted by Crippen LogP contribution is -2.56. The van der Waals surface area contributed by atoms with Gasteiger partial charge in [-0.15, -0.1) is 0 Å². The van der Waals surface area contributed by atoms with Gasteiger partial charge in [0, 0.05) is 26.2 Å². The van der Waals surface area contributed by atoms with E-state index in [9.17, 15) is 0 Å². The zero-order valence-electron chi connectivity index (χ0n) is 11.0. The predicted molar refractivity (Wildman–Crippen MR) is 69.1 cm³/mol. The van der Waals surface area contributed by atoms with Crippen LogP contribution in [0, 0.1) is 5.41 Å². The molecule has 0 bridgehead atoms. The van der Waals surface area contributed by atoms with Crippen LogP contribution in [0.1, 0.15) is 44.9 Å². The van der Waals surface area contributed by atoms with Crippen LogP contribution >= 0.6 is 0 Å². The van der Waals surface area contributed by atoms with Crippen molar-refractivity contribution in [2.45, 2.75) is 44.9 Å². The van der Waals surface area contributed by atoms with E-state index in [1.807, 2.05) is 0 Å². The number of aliphatic hydroxyl groups excluding tert-OH is 1. The number of likely N-dealkylation sites (tertiary alicyclic amines) is 1. The fraction of sp³-hybridized carbons (Fsp3) is 1.00. The van der Waals surface area contributed by atoms with E-state index < -0.39 is 0 Å². The van der Waals surface area contributed by atoms with Crippen LogP contribution in [0.3, 0.4) is 0 Å². The van der Waals surface area contributed by atoms with Crippen molar-refractivity contribution in [3.05, 3.63) is 0 Å². The van der Waals surface area contributed by atoms with Gasteiger partial charge in [0.25, 0.3) is 0 Å². The molecule has 0 aromatic heterocycles. The van der Waals surface area contributed by atoms with Crippen molar-refractivity contribution < 1.29 is 9.84 Å². The number of aliphatic hydroxyl groups is 1. The molecule has 0 radical (unpaired) electrons. The van der Waals surface area contributed by atoms with E-state index in [0.717, 1.165) is 13.0 Å². The molecule has 1 aliphatic carbocycles. The van der Waals surface area contributed by atoms with Gasteiger partial charge in [-0.05, 0) is 24.7 Å². The minimum atomic E-state index is 0.146. The van der Waals surface area contributed by atoms with Gasteiger partial charge in [-0.2, -0.15) is 0 Å². The molecule has 2 rings (SSSR count). The molecule has 0 aromatic carbocycles. The molecule has 1 N–H and O–H groups in total. The SMILES string of the molecule is OCCOCCCN1CC2(CCCCCC2)C1. The van der Waals surface area contributed by atoms with Crippen molar-refractivity contribution in [3.8, 4) is 0 Å². The van der Waals surface area contributed by atoms with Crippen LogP contribution < -0.4 is 0 Å². The summed E-state index contributed by atoms with van der Waals surface area (Å²) in [5, 5.41) is 8.59. The molecule has 0 aromatic rings. The Morgan fingerprint density at radius 1 is 1.00 bits per heavy atom. The summed E-state index contributed by atoms with van der Waals surface area (Å²) in [6.07, 6.45) is 9.85. The van der Waals surface area contributed by atoms with Gasteiger partial charge in [0.1, 0.15) is 0 Å². The summed E-state index contributed by atoms with van der Waals surface area (Å²) in [7, 11) is 0. The summed E-state index contributed by atoms with van der Waals surface area (Å²) >= 11 is 0. The minimum absolute atomic E-state index is 0.146. The zero-order chi connectivity index (χ0) is 12.0. The van der Waals surface area contributed by atoms with Gasteiger partial charge < -0.3 is 14.7 Å². The van der Waals surface area contributed by atoms with Crippen LogP contribution in [-0.4, -0.2) is 49.5 Å². The van der Waals surface area contributed by atoms with E-state index in [2.05, 4.69) is 4.90 Å². The Morgan fingerprint density at radius 3 is 2.35 bits per heavy atom. The highest BCUT2D eigenvalue weighted by Gasteiger charge is 2.41. The third-order valence-electron chi connectivity index (χ3n) is 4.28. The topological polar surface area (TPSA) is 32.7 Å². The first-order chi connectivity index (χ1) is 8.35. The second-order valence-electron chi connectivity index (χ2n) is 5.81. The highest BCUT2D eigenvalue weighted by Crippen LogP contribution is 2.42. The molecule has 0 atom stereocenters. The second-order valence-corrected chi connectivity index (χ2v) is 5.81. The average Bonchev–Trinajstić information content (AvgIpc) is 2.53. The largest absolute Gasteiger partial charge is 0.394 e. The molecule has 1 saturated carbocycles. The van der Waals surface area contributed by atoms with Crippen molar-refractivity contribution in [3.63, 3.8) is 0 Å². The molecule has 1 saturated heterocycles. The zero-order valence-corrected chi connectivity index (χ0v) is 11.0. The molecule has 0 amide bonds. The van der Waals surface area contributed by atoms with Crippen molar-refractivity contribution in [1.29, 1.82) is 0 Å². The van der Waals surface area contributed by atoms with Gasteiger partial charge in [-0.3, -0.25) is 0 Å². The highest BCUT2D eigenvalue weighted by molar-refractivity contribution is 4.95. The van der Waals surface area contributed by atoms with E-state index in [-0.39, 0.29) is 6.61 Å². The summed E-state index contributed by atoms with van der Waals surface area (Å²) in [6.45, 7) is 5.26. The van der Waals surface area contributed by atoms with Gasteiger partial charge in [-0.1, -0.05) is 25.7 Å². The van der Waals surface area contributed by atoms with Gasteiger partial charge in [0.2, 0.25) is 0 Å². The summed E-state index contributed by atoms with van der Waals surface area (Å²) in [5.74, 6) is 0. The Bertz CT molecular complexity index is 204. The van der Waals surface area contributed by atoms with Crippen LogP contribution in [-0.2, 0) is 4.74 Å². The van der Waals surface area contributed by atoms with Crippen molar-refractivity contribution in [2.24, 2.45) is 5.41 Å². The summed E-state index contributed by atoms with van der Waals surface area (Å²) in [6, 6.07) is 0. The number of hydrogen-bond donors (Lipinski definition) is 1. The van der Waals surface area contributed by atoms with Crippen molar-refractivity contribution in [2.75, 3.05) is 39.5 Å². The van der Waals surface area contributed by atoms with E-state index in [1.54, 1.807) is 0 Å². The Hall–Kier alpha value is -0.120. The molecular weight excluding hydrogens is 214 g/mol. The molecule has 2 aliphatic rings. The maximum atomic E-state index is 8.59. The van der Waals surface area contributed by atoms with E-state index in [4.69, 9.17) is 9.84 Å². The number of hydrogen-bond acceptors (Lipinski definition) is 3. The fourth-order valence-corrected chi connectivity index (χ4v) is 3.41. The van der Waals surface area contributed by atoms with E-state index in [0.29, 0.717) is 12.0 Å². The minimum Gasteiger partial charge on any atom is -0.394 e. The first-order valence-electron chi connectivity index (χ1n) is 7.26. The quantitative estimate of drug-likeness (QED) is 0.722. The van der Waals surface area contributed by atoms with Crippen LogP contribution in [0.15, 0.2) is 0 Å². The van der Waals surface area contributed by atoms with Crippen molar-refractivity contribution >= 4 is 0 Å². The molecule has 100 valence electrons. The van der Waals surface area contributed by atoms with Crippen LogP contribution in [0.4, 0.5) is 0 Å². The smallest absolute Gasteiger partial charge is 0.0697 e. The summed E-state index contributed by atoms with van der Waals surface area (Å²) < 4.78 is 5.28. The fourth-order valence-electron chi connectivity index (χ4n) is 3.41. The van der Waals surface area contributed by atoms with E-state index >= 15 is 0 Å². The molecule has 1 spiro atoms. The summed E-state index contributed by atoms with van der Waals surface area (Å²) in [4.78, 5) is 2.58. The predicted octanol–water partition coefficient (Wildman–Crippen LogP) is 2.04. The first-order valence-corrected chi connectivity index (χ1v) is 7.26. The maximum Gasteiger partial charge on any atom is 0.0697 e. The third-order valence-corrected chi connectivity index (χ3v) is 4.28. The normalized spacial score (nSPS) is 24.5. The first kappa shape index (κ1) is 13.3. The number of rotatable bonds is 6. The third kappa shape index (κ3) is 3.94. The molecule has 0 unspecified atom stereocenters. The van der Waals surface area contributed by atoms with Gasteiger partial charge in [0.15, 0.2) is 0 Å². The monoisotopic (exact) mass is 241 g/mol. The molecule has 1 aliphatic heterocycles. The van der Waals surface area contributed by atoms with Gasteiger partial charge >= 0.3 is 0 Å². The lowest BCUT2D eigenvalue weighted by atomic mass is 9.73. The Labute approximate surface area is 105 Å². The lowest BCUT2D eigenvalue weighted by Gasteiger charge is -2.50. The van der Waals surface area contributed by atoms with Crippen LogP contribution in [0.2, 0.25) is 0 Å². The Kier molecular flexibility index (Phi) is 5.26. The van der Waals surface area contributed by atoms with Crippen molar-refractivity contribution in [1.82, 2.24) is 4.90 Å². The maximum absolute atomic E-state index is 8.59.